The van der Waals surface area contributed by atoms with E-state index >= 15 is 0 Å². The number of halogens is 1. The highest BCUT2D eigenvalue weighted by Gasteiger charge is 2.12. The maximum absolute atomic E-state index is 12.7. The molecule has 0 atom stereocenters. The molecule has 0 unspecified atom stereocenters. The van der Waals surface area contributed by atoms with Crippen molar-refractivity contribution in [3.05, 3.63) is 93.6 Å². The Bertz CT molecular complexity index is 1230. The van der Waals surface area contributed by atoms with E-state index in [1.807, 2.05) is 36.4 Å². The van der Waals surface area contributed by atoms with Crippen LogP contribution in [0, 0.1) is 3.57 Å². The molecule has 7 rings (SSSR count). The van der Waals surface area contributed by atoms with Crippen molar-refractivity contribution in [2.75, 3.05) is 65.9 Å². The van der Waals surface area contributed by atoms with Crippen molar-refractivity contribution in [1.29, 1.82) is 0 Å². The number of amides is 2. The van der Waals surface area contributed by atoms with E-state index in [0.717, 1.165) is 3.57 Å². The van der Waals surface area contributed by atoms with Crippen LogP contribution < -0.4 is 29.6 Å². The van der Waals surface area contributed by atoms with Crippen LogP contribution >= 0.6 is 22.6 Å². The minimum absolute atomic E-state index is 0.283. The lowest BCUT2D eigenvalue weighted by Gasteiger charge is -2.11. The van der Waals surface area contributed by atoms with Gasteiger partial charge in [-0.15, -0.1) is 0 Å². The van der Waals surface area contributed by atoms with Gasteiger partial charge in [0.1, 0.15) is 49.4 Å². The zero-order chi connectivity index (χ0) is 30.1. The highest BCUT2D eigenvalue weighted by atomic mass is 127. The molecule has 0 aliphatic carbocycles. The fourth-order valence-corrected chi connectivity index (χ4v) is 4.53. The first-order valence-electron chi connectivity index (χ1n) is 14.0. The SMILES string of the molecule is O=C1NCCOc2ccc(cc2)OCCOCC=CCOCCOc2ccc(cc2)OCCNC(=O)c2cc(I)cc1c2. The van der Waals surface area contributed by atoms with E-state index in [9.17, 15) is 9.59 Å². The lowest BCUT2D eigenvalue weighted by Crippen LogP contribution is -2.30. The molecule has 11 heteroatoms. The second-order valence-corrected chi connectivity index (χ2v) is 10.4. The van der Waals surface area contributed by atoms with Crippen LogP contribution in [0.4, 0.5) is 0 Å². The number of carbonyl (C=O) groups is 2. The summed E-state index contributed by atoms with van der Waals surface area (Å²) in [6.07, 6.45) is 3.81. The summed E-state index contributed by atoms with van der Waals surface area (Å²) in [5, 5.41) is 5.67. The fourth-order valence-electron chi connectivity index (χ4n) is 3.86. The van der Waals surface area contributed by atoms with Crippen molar-refractivity contribution in [2.24, 2.45) is 0 Å². The van der Waals surface area contributed by atoms with Crippen LogP contribution in [0.3, 0.4) is 0 Å². The molecular formula is C32H35IN2O8. The normalized spacial score (nSPS) is 16.5. The molecule has 0 saturated heterocycles. The number of nitrogens with one attached hydrogen (secondary N) is 2. The van der Waals surface area contributed by atoms with Crippen molar-refractivity contribution in [3.63, 3.8) is 0 Å². The second-order valence-electron chi connectivity index (χ2n) is 9.20. The van der Waals surface area contributed by atoms with E-state index in [4.69, 9.17) is 28.4 Å². The third-order valence-electron chi connectivity index (χ3n) is 5.97. The fraction of sp³-hybridized carbons (Fsp3) is 0.312. The summed E-state index contributed by atoms with van der Waals surface area (Å²) >= 11 is 2.09. The third kappa shape index (κ3) is 11.8. The molecule has 3 aromatic carbocycles. The minimum atomic E-state index is -0.289. The molecule has 2 N–H and O–H groups in total. The van der Waals surface area contributed by atoms with E-state index in [0.29, 0.717) is 86.9 Å². The van der Waals surface area contributed by atoms with Crippen molar-refractivity contribution < 1.29 is 38.0 Å². The Hall–Kier alpha value is -3.81. The second kappa shape index (κ2) is 18.0. The van der Waals surface area contributed by atoms with E-state index in [2.05, 4.69) is 33.2 Å². The summed E-state index contributed by atoms with van der Waals surface area (Å²) in [5.41, 5.74) is 0.788. The molecule has 6 bridgehead atoms. The lowest BCUT2D eigenvalue weighted by molar-refractivity contribution is 0.0946. The first-order chi connectivity index (χ1) is 21.1. The Balaban J connectivity index is 1.32. The average Bonchev–Trinajstić information content (AvgIpc) is 3.02. The van der Waals surface area contributed by atoms with Gasteiger partial charge in [0.05, 0.1) is 39.5 Å². The molecule has 0 aromatic heterocycles. The third-order valence-corrected chi connectivity index (χ3v) is 6.59. The quantitative estimate of drug-likeness (QED) is 0.264. The summed E-state index contributed by atoms with van der Waals surface area (Å²) < 4.78 is 34.7. The Morgan fingerprint density at radius 1 is 0.512 bits per heavy atom. The van der Waals surface area contributed by atoms with Gasteiger partial charge in [0.2, 0.25) is 0 Å². The number of hydrogen-bond acceptors (Lipinski definition) is 8. The van der Waals surface area contributed by atoms with Crippen molar-refractivity contribution in [3.8, 4) is 23.0 Å². The highest BCUT2D eigenvalue weighted by Crippen LogP contribution is 2.19. The molecule has 0 saturated carbocycles. The molecule has 4 aliphatic heterocycles. The number of benzene rings is 3. The van der Waals surface area contributed by atoms with Crippen LogP contribution in [0.5, 0.6) is 23.0 Å². The first-order valence-corrected chi connectivity index (χ1v) is 15.0. The van der Waals surface area contributed by atoms with Gasteiger partial charge in [-0.1, -0.05) is 12.2 Å². The smallest absolute Gasteiger partial charge is 0.251 e. The van der Waals surface area contributed by atoms with Gasteiger partial charge in [-0.05, 0) is 89.3 Å². The topological polar surface area (TPSA) is 114 Å². The molecule has 43 heavy (non-hydrogen) atoms. The van der Waals surface area contributed by atoms with Gasteiger partial charge in [-0.3, -0.25) is 9.59 Å². The average molecular weight is 703 g/mol. The molecule has 0 fully saturated rings. The first kappa shape index (κ1) is 32.1. The summed E-state index contributed by atoms with van der Waals surface area (Å²) in [5.74, 6) is 2.16. The predicted molar refractivity (Wildman–Crippen MR) is 169 cm³/mol. The number of rotatable bonds is 0. The zero-order valence-corrected chi connectivity index (χ0v) is 25.9. The lowest BCUT2D eigenvalue weighted by atomic mass is 10.1. The summed E-state index contributed by atoms with van der Waals surface area (Å²) in [6.45, 7) is 3.85. The molecular weight excluding hydrogens is 667 g/mol. The Kier molecular flexibility index (Phi) is 13.4. The van der Waals surface area contributed by atoms with Crippen molar-refractivity contribution >= 4 is 34.4 Å². The number of hydrogen-bond donors (Lipinski definition) is 2. The zero-order valence-electron chi connectivity index (χ0n) is 23.7. The van der Waals surface area contributed by atoms with E-state index < -0.39 is 0 Å². The van der Waals surface area contributed by atoms with Crippen LogP contribution in [0.15, 0.2) is 78.9 Å². The molecule has 0 spiro atoms. The van der Waals surface area contributed by atoms with Gasteiger partial charge in [-0.2, -0.15) is 0 Å². The number of ether oxygens (including phenoxy) is 6. The minimum Gasteiger partial charge on any atom is -0.492 e. The molecule has 10 nitrogen and oxygen atoms in total. The van der Waals surface area contributed by atoms with E-state index in [1.165, 1.54) is 0 Å². The summed E-state index contributed by atoms with van der Waals surface area (Å²) in [6, 6.07) is 19.5. The van der Waals surface area contributed by atoms with Gasteiger partial charge < -0.3 is 39.1 Å². The van der Waals surface area contributed by atoms with Crippen molar-refractivity contribution in [2.45, 2.75) is 0 Å². The molecule has 3 aromatic rings. The molecule has 228 valence electrons. The molecule has 0 radical (unpaired) electrons. The van der Waals surface area contributed by atoms with Gasteiger partial charge >= 0.3 is 0 Å². The van der Waals surface area contributed by atoms with Crippen LogP contribution in [-0.2, 0) is 9.47 Å². The van der Waals surface area contributed by atoms with Crippen molar-refractivity contribution in [1.82, 2.24) is 10.6 Å². The maximum atomic E-state index is 12.7. The highest BCUT2D eigenvalue weighted by molar-refractivity contribution is 14.1. The van der Waals surface area contributed by atoms with E-state index in [1.54, 1.807) is 42.5 Å². The van der Waals surface area contributed by atoms with Crippen LogP contribution in [-0.4, -0.2) is 77.8 Å². The van der Waals surface area contributed by atoms with Crippen LogP contribution in [0.2, 0.25) is 0 Å². The van der Waals surface area contributed by atoms with Gasteiger partial charge in [0, 0.05) is 14.7 Å². The number of carbonyl (C=O) groups excluding carboxylic acids is 2. The predicted octanol–water partition coefficient (Wildman–Crippen LogP) is 4.27. The van der Waals surface area contributed by atoms with Crippen LogP contribution in [0.1, 0.15) is 20.7 Å². The Labute approximate surface area is 264 Å². The molecule has 2 amide bonds. The van der Waals surface area contributed by atoms with Crippen LogP contribution in [0.25, 0.3) is 0 Å². The largest absolute Gasteiger partial charge is 0.492 e. The molecule has 4 heterocycles. The summed E-state index contributed by atoms with van der Waals surface area (Å²) in [4.78, 5) is 25.5. The molecule has 4 aliphatic rings. The standard InChI is InChI=1S/C32H35IN2O8/c33-26-22-24-21-25(23-26)32(37)35-12-16-41-28-5-9-30(10-6-28)43-20-18-39-14-2-1-13-38-17-19-42-29-7-3-27(4-8-29)40-15-11-34-31(24)36/h1-10,21-23H,11-20H2,(H,34,36)(H,35,37). The Morgan fingerprint density at radius 2 is 0.884 bits per heavy atom. The maximum Gasteiger partial charge on any atom is 0.251 e. The Morgan fingerprint density at radius 3 is 1.28 bits per heavy atom. The monoisotopic (exact) mass is 702 g/mol. The van der Waals surface area contributed by atoms with Gasteiger partial charge in [-0.25, -0.2) is 0 Å². The summed E-state index contributed by atoms with van der Waals surface area (Å²) in [7, 11) is 0. The van der Waals surface area contributed by atoms with Gasteiger partial charge in [0.25, 0.3) is 11.8 Å². The van der Waals surface area contributed by atoms with Gasteiger partial charge in [0.15, 0.2) is 0 Å². The van der Waals surface area contributed by atoms with E-state index in [-0.39, 0.29) is 25.0 Å².